The fourth-order valence-corrected chi connectivity index (χ4v) is 4.42. The molecule has 2 aromatic heterocycles. The van der Waals surface area contributed by atoms with Gasteiger partial charge in [0, 0.05) is 23.0 Å². The lowest BCUT2D eigenvalue weighted by molar-refractivity contribution is -0.110. The first-order valence-electron chi connectivity index (χ1n) is 6.38. The lowest BCUT2D eigenvalue weighted by Crippen LogP contribution is -2.60. The molecule has 110 valence electrons. The minimum Gasteiger partial charge on any atom is -0.340 e. The van der Waals surface area contributed by atoms with Gasteiger partial charge in [0.25, 0.3) is 0 Å². The molecule has 0 aliphatic carbocycles. The molecule has 0 bridgehead atoms. The van der Waals surface area contributed by atoms with Gasteiger partial charge in [0.15, 0.2) is 0 Å². The Morgan fingerprint density at radius 3 is 3.00 bits per heavy atom. The van der Waals surface area contributed by atoms with E-state index >= 15 is 0 Å². The van der Waals surface area contributed by atoms with Crippen LogP contribution in [0.1, 0.15) is 11.8 Å². The zero-order chi connectivity index (χ0) is 14.8. The van der Waals surface area contributed by atoms with Gasteiger partial charge in [-0.25, -0.2) is 0 Å². The summed E-state index contributed by atoms with van der Waals surface area (Å²) >= 11 is 3.20. The summed E-state index contributed by atoms with van der Waals surface area (Å²) < 4.78 is 0. The van der Waals surface area contributed by atoms with Crippen LogP contribution in [0.4, 0.5) is 5.69 Å². The molecular formula is C13H15N5OS2. The third-order valence-corrected chi connectivity index (χ3v) is 5.76. The second-order valence-corrected chi connectivity index (χ2v) is 7.00. The summed E-state index contributed by atoms with van der Waals surface area (Å²) in [5.41, 5.74) is 2.39. The van der Waals surface area contributed by atoms with Gasteiger partial charge in [0.2, 0.25) is 11.5 Å². The molecule has 1 amide bonds. The molecule has 3 N–H and O–H groups in total. The van der Waals surface area contributed by atoms with E-state index in [0.717, 1.165) is 16.3 Å². The first-order chi connectivity index (χ1) is 10.2. The van der Waals surface area contributed by atoms with E-state index in [2.05, 4.69) is 32.8 Å². The van der Waals surface area contributed by atoms with Crippen molar-refractivity contribution in [2.45, 2.75) is 17.6 Å². The molecule has 21 heavy (non-hydrogen) atoms. The summed E-state index contributed by atoms with van der Waals surface area (Å²) in [4.78, 5) is 20.4. The summed E-state index contributed by atoms with van der Waals surface area (Å²) in [5.74, 6) is 0.809. The van der Waals surface area contributed by atoms with Crippen LogP contribution in [0.2, 0.25) is 0 Å². The monoisotopic (exact) mass is 321 g/mol. The normalized spacial score (nSPS) is 28.2. The summed E-state index contributed by atoms with van der Waals surface area (Å²) in [7, 11) is 0. The van der Waals surface area contributed by atoms with Crippen molar-refractivity contribution in [3.8, 4) is 0 Å². The number of anilines is 1. The highest BCUT2D eigenvalue weighted by Crippen LogP contribution is 2.41. The van der Waals surface area contributed by atoms with Gasteiger partial charge in [-0.2, -0.15) is 0 Å². The SMILES string of the molecule is CC1(c2cncs2)CSC(NC=O)(Nc2cccnc2)N1. The Kier molecular flexibility index (Phi) is 3.83. The Hall–Kier alpha value is -1.64. The number of nitrogens with one attached hydrogen (secondary N) is 3. The van der Waals surface area contributed by atoms with E-state index < -0.39 is 5.12 Å². The molecule has 1 saturated heterocycles. The Balaban J connectivity index is 1.85. The third kappa shape index (κ3) is 2.87. The molecule has 1 aliphatic heterocycles. The first-order valence-corrected chi connectivity index (χ1v) is 8.24. The highest BCUT2D eigenvalue weighted by atomic mass is 32.2. The maximum Gasteiger partial charge on any atom is 0.217 e. The second kappa shape index (κ2) is 5.63. The molecule has 0 aromatic carbocycles. The Morgan fingerprint density at radius 1 is 1.43 bits per heavy atom. The predicted octanol–water partition coefficient (Wildman–Crippen LogP) is 1.56. The largest absolute Gasteiger partial charge is 0.340 e. The van der Waals surface area contributed by atoms with E-state index in [1.807, 2.05) is 23.8 Å². The number of hydrogen-bond donors (Lipinski definition) is 3. The summed E-state index contributed by atoms with van der Waals surface area (Å²) in [6.45, 7) is 2.10. The number of amides is 1. The van der Waals surface area contributed by atoms with E-state index in [-0.39, 0.29) is 5.54 Å². The Morgan fingerprint density at radius 2 is 2.33 bits per heavy atom. The lowest BCUT2D eigenvalue weighted by Gasteiger charge is -2.33. The van der Waals surface area contributed by atoms with E-state index in [1.54, 1.807) is 35.5 Å². The molecule has 2 aromatic rings. The number of thioether (sulfide) groups is 1. The molecule has 2 unspecified atom stereocenters. The van der Waals surface area contributed by atoms with Gasteiger partial charge in [0.1, 0.15) is 0 Å². The van der Waals surface area contributed by atoms with E-state index in [0.29, 0.717) is 6.41 Å². The maximum atomic E-state index is 11.0. The van der Waals surface area contributed by atoms with Crippen LogP contribution in [0.5, 0.6) is 0 Å². The van der Waals surface area contributed by atoms with Crippen LogP contribution in [0, 0.1) is 0 Å². The van der Waals surface area contributed by atoms with Gasteiger partial charge in [-0.1, -0.05) is 11.8 Å². The Labute approximate surface area is 130 Å². The van der Waals surface area contributed by atoms with Crippen molar-refractivity contribution >= 4 is 35.2 Å². The average Bonchev–Trinajstić information content (AvgIpc) is 3.10. The topological polar surface area (TPSA) is 78.9 Å². The number of rotatable bonds is 5. The number of carbonyl (C=O) groups excluding carboxylic acids is 1. The van der Waals surface area contributed by atoms with Crippen LogP contribution in [-0.2, 0) is 10.3 Å². The molecule has 0 radical (unpaired) electrons. The molecule has 2 atom stereocenters. The minimum absolute atomic E-state index is 0.253. The molecule has 0 spiro atoms. The zero-order valence-electron chi connectivity index (χ0n) is 11.4. The van der Waals surface area contributed by atoms with Crippen molar-refractivity contribution in [1.82, 2.24) is 20.6 Å². The number of carbonyl (C=O) groups is 1. The number of thiazole rings is 1. The van der Waals surface area contributed by atoms with Crippen molar-refractivity contribution in [2.24, 2.45) is 0 Å². The number of nitrogens with zero attached hydrogens (tertiary/aromatic N) is 2. The lowest BCUT2D eigenvalue weighted by atomic mass is 10.0. The highest BCUT2D eigenvalue weighted by molar-refractivity contribution is 8.01. The average molecular weight is 321 g/mol. The predicted molar refractivity (Wildman–Crippen MR) is 84.9 cm³/mol. The van der Waals surface area contributed by atoms with Crippen LogP contribution in [0.15, 0.2) is 36.2 Å². The van der Waals surface area contributed by atoms with Crippen molar-refractivity contribution in [3.05, 3.63) is 41.1 Å². The van der Waals surface area contributed by atoms with Crippen molar-refractivity contribution < 1.29 is 4.79 Å². The molecule has 8 heteroatoms. The summed E-state index contributed by atoms with van der Waals surface area (Å²) in [6, 6.07) is 3.75. The first kappa shape index (κ1) is 14.3. The fraction of sp³-hybridized carbons (Fsp3) is 0.308. The van der Waals surface area contributed by atoms with Gasteiger partial charge < -0.3 is 10.6 Å². The number of aromatic nitrogens is 2. The smallest absolute Gasteiger partial charge is 0.217 e. The number of pyridine rings is 1. The van der Waals surface area contributed by atoms with Crippen molar-refractivity contribution in [2.75, 3.05) is 11.1 Å². The minimum atomic E-state index is -0.760. The van der Waals surface area contributed by atoms with Gasteiger partial charge in [-0.15, -0.1) is 11.3 Å². The van der Waals surface area contributed by atoms with Crippen LogP contribution in [0.3, 0.4) is 0 Å². The Bertz CT molecular complexity index is 608. The van der Waals surface area contributed by atoms with E-state index in [4.69, 9.17) is 0 Å². The summed E-state index contributed by atoms with van der Waals surface area (Å²) in [5, 5.41) is 8.87. The highest BCUT2D eigenvalue weighted by Gasteiger charge is 2.47. The van der Waals surface area contributed by atoms with Gasteiger partial charge >= 0.3 is 0 Å². The van der Waals surface area contributed by atoms with Gasteiger partial charge in [-0.05, 0) is 19.1 Å². The van der Waals surface area contributed by atoms with Crippen LogP contribution >= 0.6 is 23.1 Å². The van der Waals surface area contributed by atoms with Crippen LogP contribution in [0.25, 0.3) is 0 Å². The van der Waals surface area contributed by atoms with Crippen LogP contribution in [-0.4, -0.2) is 27.2 Å². The van der Waals surface area contributed by atoms with Crippen LogP contribution < -0.4 is 16.0 Å². The molecule has 3 rings (SSSR count). The standard InChI is InChI=1S/C13H15N5OS2/c1-12(11-6-15-9-20-11)7-21-13(18-12,16-8-19)17-10-3-2-4-14-5-10/h2-6,8-9,17-18H,7H2,1H3,(H,16,19). The molecule has 0 saturated carbocycles. The van der Waals surface area contributed by atoms with Crippen molar-refractivity contribution in [3.63, 3.8) is 0 Å². The number of hydrogen-bond acceptors (Lipinski definition) is 7. The zero-order valence-corrected chi connectivity index (χ0v) is 13.0. The van der Waals surface area contributed by atoms with E-state index in [9.17, 15) is 4.79 Å². The molecule has 3 heterocycles. The quantitative estimate of drug-likeness (QED) is 0.573. The molecular weight excluding hydrogens is 306 g/mol. The third-order valence-electron chi connectivity index (χ3n) is 3.25. The molecule has 1 aliphatic rings. The molecule has 1 fully saturated rings. The molecule has 6 nitrogen and oxygen atoms in total. The fourth-order valence-electron chi connectivity index (χ4n) is 2.24. The van der Waals surface area contributed by atoms with Gasteiger partial charge in [0.05, 0.1) is 22.9 Å². The van der Waals surface area contributed by atoms with E-state index in [1.165, 1.54) is 0 Å². The maximum absolute atomic E-state index is 11.0. The second-order valence-electron chi connectivity index (χ2n) is 4.92. The summed E-state index contributed by atoms with van der Waals surface area (Å²) in [6.07, 6.45) is 5.99. The van der Waals surface area contributed by atoms with Crippen molar-refractivity contribution in [1.29, 1.82) is 0 Å². The van der Waals surface area contributed by atoms with Gasteiger partial charge in [-0.3, -0.25) is 20.1 Å².